The zero-order valence-corrected chi connectivity index (χ0v) is 17.2. The number of rotatable bonds is 7. The lowest BCUT2D eigenvalue weighted by Gasteiger charge is -2.15. The molecule has 0 unspecified atom stereocenters. The Hall–Kier alpha value is -2.42. The fourth-order valence-electron chi connectivity index (χ4n) is 2.96. The van der Waals surface area contributed by atoms with Gasteiger partial charge < -0.3 is 10.1 Å². The first-order chi connectivity index (χ1) is 13.9. The van der Waals surface area contributed by atoms with Gasteiger partial charge in [-0.15, -0.1) is 0 Å². The Labute approximate surface area is 174 Å². The molecule has 7 nitrogen and oxygen atoms in total. The number of carbonyl (C=O) groups is 2. The van der Waals surface area contributed by atoms with Crippen molar-refractivity contribution in [2.24, 2.45) is 0 Å². The second-order valence-electron chi connectivity index (χ2n) is 6.58. The van der Waals surface area contributed by atoms with Gasteiger partial charge >= 0.3 is 5.97 Å². The number of ether oxygens (including phenoxy) is 1. The quantitative estimate of drug-likeness (QED) is 0.673. The van der Waals surface area contributed by atoms with E-state index < -0.39 is 28.5 Å². The van der Waals surface area contributed by atoms with Gasteiger partial charge in [0.2, 0.25) is 10.0 Å². The maximum absolute atomic E-state index is 12.6. The molecule has 154 valence electrons. The molecule has 1 aliphatic heterocycles. The molecule has 29 heavy (non-hydrogen) atoms. The topological polar surface area (TPSA) is 92.8 Å². The fraction of sp³-hybridized carbons (Fsp3) is 0.300. The van der Waals surface area contributed by atoms with Crippen molar-refractivity contribution < 1.29 is 22.7 Å². The number of carbonyl (C=O) groups excluding carboxylic acids is 2. The summed E-state index contributed by atoms with van der Waals surface area (Å²) in [5, 5.41) is 3.14. The molecule has 1 aliphatic rings. The predicted molar refractivity (Wildman–Crippen MR) is 108 cm³/mol. The Morgan fingerprint density at radius 2 is 1.79 bits per heavy atom. The molecule has 2 aromatic rings. The Morgan fingerprint density at radius 3 is 2.52 bits per heavy atom. The molecular weight excluding hydrogens is 416 g/mol. The molecule has 0 bridgehead atoms. The summed E-state index contributed by atoms with van der Waals surface area (Å²) in [7, 11) is -3.64. The minimum absolute atomic E-state index is 0.0389. The van der Waals surface area contributed by atoms with Crippen LogP contribution in [0.25, 0.3) is 0 Å². The van der Waals surface area contributed by atoms with Crippen LogP contribution in [0.1, 0.15) is 28.8 Å². The SMILES string of the molecule is O=C(COC(=O)c1cccc(S(=O)(=O)N2CCCC2)c1)NCc1ccccc1Cl. The Morgan fingerprint density at radius 1 is 1.07 bits per heavy atom. The van der Waals surface area contributed by atoms with Crippen LogP contribution in [0, 0.1) is 0 Å². The molecule has 1 amide bonds. The van der Waals surface area contributed by atoms with Crippen molar-refractivity contribution in [2.75, 3.05) is 19.7 Å². The van der Waals surface area contributed by atoms with Crippen molar-refractivity contribution in [3.05, 3.63) is 64.7 Å². The van der Waals surface area contributed by atoms with Crippen LogP contribution in [0.3, 0.4) is 0 Å². The van der Waals surface area contributed by atoms with Crippen LogP contribution in [0.2, 0.25) is 5.02 Å². The van der Waals surface area contributed by atoms with Gasteiger partial charge in [-0.3, -0.25) is 4.79 Å². The third kappa shape index (κ3) is 5.35. The molecule has 0 spiro atoms. The standard InChI is InChI=1S/C20H21ClN2O5S/c21-18-9-2-1-6-16(18)13-22-19(24)14-28-20(25)15-7-5-8-17(12-15)29(26,27)23-10-3-4-11-23/h1-2,5-9,12H,3-4,10-11,13-14H2,(H,22,24). The molecule has 1 N–H and O–H groups in total. The summed E-state index contributed by atoms with van der Waals surface area (Å²) >= 11 is 6.02. The van der Waals surface area contributed by atoms with E-state index in [2.05, 4.69) is 5.32 Å². The molecule has 0 aromatic heterocycles. The van der Waals surface area contributed by atoms with Crippen LogP contribution in [0.5, 0.6) is 0 Å². The minimum Gasteiger partial charge on any atom is -0.452 e. The highest BCUT2D eigenvalue weighted by atomic mass is 35.5. The lowest BCUT2D eigenvalue weighted by molar-refractivity contribution is -0.124. The third-order valence-corrected chi connectivity index (χ3v) is 6.80. The van der Waals surface area contributed by atoms with Gasteiger partial charge in [-0.2, -0.15) is 4.31 Å². The van der Waals surface area contributed by atoms with Crippen LogP contribution in [-0.4, -0.2) is 44.3 Å². The number of esters is 1. The Bertz CT molecular complexity index is 1000. The zero-order chi connectivity index (χ0) is 20.9. The van der Waals surface area contributed by atoms with Crippen molar-refractivity contribution in [3.63, 3.8) is 0 Å². The van der Waals surface area contributed by atoms with E-state index in [0.717, 1.165) is 18.4 Å². The summed E-state index contributed by atoms with van der Waals surface area (Å²) < 4.78 is 31.7. The molecule has 2 aromatic carbocycles. The molecule has 0 saturated carbocycles. The van der Waals surface area contributed by atoms with E-state index >= 15 is 0 Å². The normalized spacial score (nSPS) is 14.5. The van der Waals surface area contributed by atoms with Gasteiger partial charge in [0.25, 0.3) is 5.91 Å². The number of amides is 1. The number of benzene rings is 2. The van der Waals surface area contributed by atoms with E-state index in [0.29, 0.717) is 18.1 Å². The summed E-state index contributed by atoms with van der Waals surface area (Å²) in [6, 6.07) is 12.7. The van der Waals surface area contributed by atoms with Crippen LogP contribution in [0.15, 0.2) is 53.4 Å². The Balaban J connectivity index is 1.57. The highest BCUT2D eigenvalue weighted by Crippen LogP contribution is 2.21. The van der Waals surface area contributed by atoms with Gasteiger partial charge in [-0.1, -0.05) is 35.9 Å². The Kier molecular flexibility index (Phi) is 6.89. The molecule has 1 saturated heterocycles. The second kappa shape index (κ2) is 9.39. The summed E-state index contributed by atoms with van der Waals surface area (Å²) in [5.41, 5.74) is 0.817. The summed E-state index contributed by atoms with van der Waals surface area (Å²) in [5.74, 6) is -1.25. The van der Waals surface area contributed by atoms with Gasteiger partial charge in [0.05, 0.1) is 10.5 Å². The van der Waals surface area contributed by atoms with Crippen LogP contribution >= 0.6 is 11.6 Å². The molecule has 9 heteroatoms. The van der Waals surface area contributed by atoms with Gasteiger partial charge in [0.15, 0.2) is 6.61 Å². The summed E-state index contributed by atoms with van der Waals surface area (Å²) in [6.45, 7) is 0.678. The van der Waals surface area contributed by atoms with Crippen molar-refractivity contribution >= 4 is 33.5 Å². The van der Waals surface area contributed by atoms with E-state index in [9.17, 15) is 18.0 Å². The first kappa shape index (κ1) is 21.3. The molecule has 0 atom stereocenters. The highest BCUT2D eigenvalue weighted by Gasteiger charge is 2.27. The van der Waals surface area contributed by atoms with Gasteiger partial charge in [0.1, 0.15) is 0 Å². The number of halogens is 1. The lowest BCUT2D eigenvalue weighted by atomic mass is 10.2. The molecular formula is C20H21ClN2O5S. The lowest BCUT2D eigenvalue weighted by Crippen LogP contribution is -2.29. The smallest absolute Gasteiger partial charge is 0.338 e. The zero-order valence-electron chi connectivity index (χ0n) is 15.6. The number of nitrogens with zero attached hydrogens (tertiary/aromatic N) is 1. The maximum atomic E-state index is 12.6. The maximum Gasteiger partial charge on any atom is 0.338 e. The number of hydrogen-bond donors (Lipinski definition) is 1. The minimum atomic E-state index is -3.64. The predicted octanol–water partition coefficient (Wildman–Crippen LogP) is 2.60. The first-order valence-corrected chi connectivity index (χ1v) is 11.0. The van der Waals surface area contributed by atoms with Crippen molar-refractivity contribution in [3.8, 4) is 0 Å². The van der Waals surface area contributed by atoms with Crippen LogP contribution < -0.4 is 5.32 Å². The number of sulfonamides is 1. The monoisotopic (exact) mass is 436 g/mol. The number of hydrogen-bond acceptors (Lipinski definition) is 5. The fourth-order valence-corrected chi connectivity index (χ4v) is 4.73. The molecule has 0 aliphatic carbocycles. The molecule has 0 radical (unpaired) electrons. The highest BCUT2D eigenvalue weighted by molar-refractivity contribution is 7.89. The average molecular weight is 437 g/mol. The van der Waals surface area contributed by atoms with E-state index in [1.54, 1.807) is 24.3 Å². The third-order valence-electron chi connectivity index (χ3n) is 4.54. The van der Waals surface area contributed by atoms with E-state index in [-0.39, 0.29) is 17.0 Å². The summed E-state index contributed by atoms with van der Waals surface area (Å²) in [6.07, 6.45) is 1.65. The van der Waals surface area contributed by atoms with Crippen molar-refractivity contribution in [2.45, 2.75) is 24.3 Å². The molecule has 3 rings (SSSR count). The van der Waals surface area contributed by atoms with E-state index in [1.807, 2.05) is 0 Å². The van der Waals surface area contributed by atoms with Crippen LogP contribution in [0.4, 0.5) is 0 Å². The summed E-state index contributed by atoms with van der Waals surface area (Å²) in [4.78, 5) is 24.2. The van der Waals surface area contributed by atoms with Crippen molar-refractivity contribution in [1.82, 2.24) is 9.62 Å². The molecule has 1 fully saturated rings. The van der Waals surface area contributed by atoms with E-state index in [4.69, 9.17) is 16.3 Å². The van der Waals surface area contributed by atoms with Gasteiger partial charge in [0, 0.05) is 24.7 Å². The largest absolute Gasteiger partial charge is 0.452 e. The van der Waals surface area contributed by atoms with Gasteiger partial charge in [-0.05, 0) is 42.7 Å². The number of nitrogens with one attached hydrogen (secondary N) is 1. The molecule has 1 heterocycles. The van der Waals surface area contributed by atoms with E-state index in [1.165, 1.54) is 28.6 Å². The second-order valence-corrected chi connectivity index (χ2v) is 8.93. The first-order valence-electron chi connectivity index (χ1n) is 9.15. The van der Waals surface area contributed by atoms with Crippen molar-refractivity contribution in [1.29, 1.82) is 0 Å². The average Bonchev–Trinajstić information content (AvgIpc) is 3.27. The van der Waals surface area contributed by atoms with Gasteiger partial charge in [-0.25, -0.2) is 13.2 Å². The van der Waals surface area contributed by atoms with Crippen LogP contribution in [-0.2, 0) is 26.1 Å².